The second kappa shape index (κ2) is 10.5. The van der Waals surface area contributed by atoms with E-state index in [1.807, 2.05) is 33.0 Å². The van der Waals surface area contributed by atoms with E-state index < -0.39 is 0 Å². The van der Waals surface area contributed by atoms with Crippen molar-refractivity contribution in [2.45, 2.75) is 26.7 Å². The van der Waals surface area contributed by atoms with Gasteiger partial charge in [0.05, 0.1) is 19.6 Å². The van der Waals surface area contributed by atoms with Crippen molar-refractivity contribution in [2.75, 3.05) is 33.4 Å². The molecule has 0 atom stereocenters. The molecule has 5 nitrogen and oxygen atoms in total. The van der Waals surface area contributed by atoms with Gasteiger partial charge < -0.3 is 20.1 Å². The van der Waals surface area contributed by atoms with Crippen molar-refractivity contribution in [3.63, 3.8) is 0 Å². The Hall–Kier alpha value is -1.27. The van der Waals surface area contributed by atoms with Gasteiger partial charge in [-0.15, -0.1) is 0 Å². The molecule has 1 aromatic rings. The number of carbonyl (C=O) groups excluding carboxylic acids is 1. The zero-order valence-electron chi connectivity index (χ0n) is 13.5. The van der Waals surface area contributed by atoms with Gasteiger partial charge in [-0.2, -0.15) is 0 Å². The van der Waals surface area contributed by atoms with Crippen LogP contribution in [0.2, 0.25) is 0 Å². The third-order valence-electron chi connectivity index (χ3n) is 2.99. The first kappa shape index (κ1) is 18.8. The summed E-state index contributed by atoms with van der Waals surface area (Å²) in [6, 6.07) is 3.73. The molecule has 0 aromatic heterocycles. The lowest BCUT2D eigenvalue weighted by Gasteiger charge is -2.14. The van der Waals surface area contributed by atoms with E-state index in [2.05, 4.69) is 26.6 Å². The highest BCUT2D eigenvalue weighted by molar-refractivity contribution is 9.10. The highest BCUT2D eigenvalue weighted by atomic mass is 79.9. The Bertz CT molecular complexity index is 481. The molecule has 0 aliphatic heterocycles. The summed E-state index contributed by atoms with van der Waals surface area (Å²) >= 11 is 3.50. The molecule has 0 unspecified atom stereocenters. The number of hydrogen-bond acceptors (Lipinski definition) is 4. The van der Waals surface area contributed by atoms with Gasteiger partial charge in [0.2, 0.25) is 5.91 Å². The Morgan fingerprint density at radius 1 is 1.14 bits per heavy atom. The van der Waals surface area contributed by atoms with Crippen molar-refractivity contribution in [2.24, 2.45) is 0 Å². The number of halogens is 1. The molecule has 2 N–H and O–H groups in total. The van der Waals surface area contributed by atoms with Crippen molar-refractivity contribution in [3.8, 4) is 11.5 Å². The van der Waals surface area contributed by atoms with Crippen molar-refractivity contribution < 1.29 is 14.3 Å². The number of rotatable bonds is 10. The third kappa shape index (κ3) is 6.23. The van der Waals surface area contributed by atoms with Crippen molar-refractivity contribution in [3.05, 3.63) is 22.2 Å². The summed E-state index contributed by atoms with van der Waals surface area (Å²) < 4.78 is 12.0. The third-order valence-corrected chi connectivity index (χ3v) is 3.73. The zero-order chi connectivity index (χ0) is 16.4. The fourth-order valence-corrected chi connectivity index (χ4v) is 2.44. The van der Waals surface area contributed by atoms with E-state index in [-0.39, 0.29) is 5.91 Å². The van der Waals surface area contributed by atoms with Gasteiger partial charge in [0, 0.05) is 11.0 Å². The first-order valence-electron chi connectivity index (χ1n) is 7.61. The molecule has 1 aromatic carbocycles. The van der Waals surface area contributed by atoms with Crippen LogP contribution in [0.25, 0.3) is 0 Å². The van der Waals surface area contributed by atoms with Gasteiger partial charge >= 0.3 is 0 Å². The molecule has 0 bridgehead atoms. The molecule has 0 heterocycles. The second-order valence-corrected chi connectivity index (χ2v) is 5.59. The van der Waals surface area contributed by atoms with Gasteiger partial charge in [-0.25, -0.2) is 0 Å². The highest BCUT2D eigenvalue weighted by Gasteiger charge is 2.13. The Kier molecular flexibility index (Phi) is 8.92. The van der Waals surface area contributed by atoms with Crippen LogP contribution in [-0.4, -0.2) is 39.3 Å². The molecule has 6 heteroatoms. The minimum atomic E-state index is 0.00316. The van der Waals surface area contributed by atoms with Gasteiger partial charge in [0.25, 0.3) is 0 Å². The largest absolute Gasteiger partial charge is 0.490 e. The molecule has 0 radical (unpaired) electrons. The van der Waals surface area contributed by atoms with E-state index in [9.17, 15) is 4.79 Å². The molecule has 124 valence electrons. The SMILES string of the molecule is CCOc1cc(Br)c(CC(=O)NCCCNC)cc1OCC. The number of carbonyl (C=O) groups is 1. The molecular weight excluding hydrogens is 348 g/mol. The minimum Gasteiger partial charge on any atom is -0.490 e. The van der Waals surface area contributed by atoms with Crippen LogP contribution in [0.1, 0.15) is 25.8 Å². The molecule has 1 amide bonds. The average molecular weight is 373 g/mol. The predicted molar refractivity (Wildman–Crippen MR) is 91.7 cm³/mol. The maximum atomic E-state index is 12.0. The van der Waals surface area contributed by atoms with Crippen LogP contribution in [0.3, 0.4) is 0 Å². The quantitative estimate of drug-likeness (QED) is 0.619. The van der Waals surface area contributed by atoms with Gasteiger partial charge in [-0.1, -0.05) is 15.9 Å². The Balaban J connectivity index is 2.72. The van der Waals surface area contributed by atoms with Crippen LogP contribution < -0.4 is 20.1 Å². The van der Waals surface area contributed by atoms with E-state index in [1.54, 1.807) is 0 Å². The van der Waals surface area contributed by atoms with Crippen LogP contribution in [0.15, 0.2) is 16.6 Å². The van der Waals surface area contributed by atoms with Crippen LogP contribution in [-0.2, 0) is 11.2 Å². The Morgan fingerprint density at radius 2 is 1.77 bits per heavy atom. The van der Waals surface area contributed by atoms with Gasteiger partial charge in [-0.05, 0) is 51.6 Å². The van der Waals surface area contributed by atoms with E-state index in [4.69, 9.17) is 9.47 Å². The van der Waals surface area contributed by atoms with E-state index in [0.717, 1.165) is 23.0 Å². The summed E-state index contributed by atoms with van der Waals surface area (Å²) in [6.45, 7) is 6.53. The van der Waals surface area contributed by atoms with Gasteiger partial charge in [0.15, 0.2) is 11.5 Å². The summed E-state index contributed by atoms with van der Waals surface area (Å²) in [5.74, 6) is 1.36. The fourth-order valence-electron chi connectivity index (χ4n) is 1.98. The zero-order valence-corrected chi connectivity index (χ0v) is 15.1. The van der Waals surface area contributed by atoms with Crippen LogP contribution in [0, 0.1) is 0 Å². The van der Waals surface area contributed by atoms with Crippen molar-refractivity contribution in [1.82, 2.24) is 10.6 Å². The second-order valence-electron chi connectivity index (χ2n) is 4.74. The molecular formula is C16H25BrN2O3. The van der Waals surface area contributed by atoms with Gasteiger partial charge in [0.1, 0.15) is 0 Å². The summed E-state index contributed by atoms with van der Waals surface area (Å²) in [4.78, 5) is 12.0. The molecule has 0 saturated carbocycles. The Morgan fingerprint density at radius 3 is 2.36 bits per heavy atom. The maximum Gasteiger partial charge on any atom is 0.224 e. The van der Waals surface area contributed by atoms with Crippen LogP contribution >= 0.6 is 15.9 Å². The highest BCUT2D eigenvalue weighted by Crippen LogP contribution is 2.34. The standard InChI is InChI=1S/C16H25BrN2O3/c1-4-21-14-9-12(13(17)11-15(14)22-5-2)10-16(20)19-8-6-7-18-3/h9,11,18H,4-8,10H2,1-3H3,(H,19,20). The molecule has 0 aliphatic rings. The summed E-state index contributed by atoms with van der Waals surface area (Å²) in [6.07, 6.45) is 1.23. The summed E-state index contributed by atoms with van der Waals surface area (Å²) in [5.41, 5.74) is 0.887. The molecule has 22 heavy (non-hydrogen) atoms. The van der Waals surface area contributed by atoms with Crippen LogP contribution in [0.4, 0.5) is 0 Å². The first-order chi connectivity index (χ1) is 10.6. The lowest BCUT2D eigenvalue weighted by Crippen LogP contribution is -2.28. The lowest BCUT2D eigenvalue weighted by atomic mass is 10.1. The smallest absolute Gasteiger partial charge is 0.224 e. The fraction of sp³-hybridized carbons (Fsp3) is 0.562. The number of hydrogen-bond donors (Lipinski definition) is 2. The van der Waals surface area contributed by atoms with Crippen molar-refractivity contribution in [1.29, 1.82) is 0 Å². The minimum absolute atomic E-state index is 0.00316. The molecule has 0 aliphatic carbocycles. The molecule has 0 spiro atoms. The van der Waals surface area contributed by atoms with Crippen LogP contribution in [0.5, 0.6) is 11.5 Å². The van der Waals surface area contributed by atoms with E-state index >= 15 is 0 Å². The van der Waals surface area contributed by atoms with E-state index in [0.29, 0.717) is 37.7 Å². The van der Waals surface area contributed by atoms with E-state index in [1.165, 1.54) is 0 Å². The number of nitrogens with one attached hydrogen (secondary N) is 2. The lowest BCUT2D eigenvalue weighted by molar-refractivity contribution is -0.120. The van der Waals surface area contributed by atoms with Crippen molar-refractivity contribution >= 4 is 21.8 Å². The number of amides is 1. The monoisotopic (exact) mass is 372 g/mol. The first-order valence-corrected chi connectivity index (χ1v) is 8.40. The summed E-state index contributed by atoms with van der Waals surface area (Å²) in [7, 11) is 1.90. The maximum absolute atomic E-state index is 12.0. The average Bonchev–Trinajstić information content (AvgIpc) is 2.49. The summed E-state index contributed by atoms with van der Waals surface area (Å²) in [5, 5.41) is 5.96. The molecule has 0 saturated heterocycles. The molecule has 0 fully saturated rings. The van der Waals surface area contributed by atoms with Gasteiger partial charge in [-0.3, -0.25) is 4.79 Å². The molecule has 1 rings (SSSR count). The normalized spacial score (nSPS) is 10.4. The number of ether oxygens (including phenoxy) is 2. The topological polar surface area (TPSA) is 59.6 Å². The number of benzene rings is 1. The Labute approximate surface area is 140 Å². The predicted octanol–water partition coefficient (Wildman–Crippen LogP) is 2.51.